The highest BCUT2D eigenvalue weighted by Gasteiger charge is 2.19. The molecule has 82 valence electrons. The molecule has 0 radical (unpaired) electrons. The first kappa shape index (κ1) is 11.5. The van der Waals surface area contributed by atoms with Gasteiger partial charge < -0.3 is 0 Å². The fraction of sp³-hybridized carbons (Fsp3) is 0.538. The lowest BCUT2D eigenvalue weighted by Crippen LogP contribution is -1.99. The van der Waals surface area contributed by atoms with Crippen LogP contribution in [0.15, 0.2) is 24.3 Å². The second kappa shape index (κ2) is 5.36. The van der Waals surface area contributed by atoms with Crippen LogP contribution in [-0.4, -0.2) is 0 Å². The number of hydrogen-bond acceptors (Lipinski definition) is 0. The van der Waals surface area contributed by atoms with E-state index in [9.17, 15) is 0 Å². The normalized spacial score (nSPS) is 19.3. The van der Waals surface area contributed by atoms with Crippen molar-refractivity contribution in [1.29, 1.82) is 0 Å². The summed E-state index contributed by atoms with van der Waals surface area (Å²) >= 11 is 9.65. The fourth-order valence-electron chi connectivity index (χ4n) is 2.35. The molecule has 1 aliphatic rings. The van der Waals surface area contributed by atoms with E-state index in [1.54, 1.807) is 0 Å². The summed E-state index contributed by atoms with van der Waals surface area (Å²) in [7, 11) is 0. The Hall–Kier alpha value is -0.0100. The second-order valence-electron chi connectivity index (χ2n) is 4.41. The summed E-state index contributed by atoms with van der Waals surface area (Å²) in [6.45, 7) is 0. The van der Waals surface area contributed by atoms with Crippen molar-refractivity contribution in [3.8, 4) is 0 Å². The van der Waals surface area contributed by atoms with Gasteiger partial charge in [-0.15, -0.1) is 0 Å². The van der Waals surface area contributed by atoms with E-state index in [4.69, 9.17) is 11.6 Å². The van der Waals surface area contributed by atoms with Crippen molar-refractivity contribution in [2.24, 2.45) is 5.92 Å². The number of rotatable bonds is 3. The third-order valence-electron chi connectivity index (χ3n) is 3.25. The Bertz CT molecular complexity index is 301. The lowest BCUT2D eigenvalue weighted by atomic mass is 9.98. The third kappa shape index (κ3) is 3.22. The van der Waals surface area contributed by atoms with Crippen LogP contribution in [0, 0.1) is 5.92 Å². The van der Waals surface area contributed by atoms with Gasteiger partial charge in [0.15, 0.2) is 0 Å². The van der Waals surface area contributed by atoms with Crippen LogP contribution >= 0.6 is 27.5 Å². The van der Waals surface area contributed by atoms with Crippen LogP contribution in [0.25, 0.3) is 0 Å². The van der Waals surface area contributed by atoms with Gasteiger partial charge in [0.2, 0.25) is 0 Å². The largest absolute Gasteiger partial charge is 0.0843 e. The molecular weight excluding hydrogens is 272 g/mol. The summed E-state index contributed by atoms with van der Waals surface area (Å²) in [4.78, 5) is 0.498. The fourth-order valence-corrected chi connectivity index (χ4v) is 3.31. The Morgan fingerprint density at radius 1 is 1.20 bits per heavy atom. The Labute approximate surface area is 105 Å². The summed E-state index contributed by atoms with van der Waals surface area (Å²) in [5.74, 6) is 0.921. The van der Waals surface area contributed by atoms with E-state index in [0.29, 0.717) is 4.83 Å². The van der Waals surface area contributed by atoms with Gasteiger partial charge in [-0.1, -0.05) is 65.3 Å². The van der Waals surface area contributed by atoms with E-state index in [-0.39, 0.29) is 0 Å². The zero-order valence-electron chi connectivity index (χ0n) is 8.76. The molecule has 0 N–H and O–H groups in total. The maximum Gasteiger partial charge on any atom is 0.0406 e. The molecule has 1 fully saturated rings. The van der Waals surface area contributed by atoms with Crippen LogP contribution in [0.5, 0.6) is 0 Å². The molecular formula is C13H16BrCl. The first-order valence-corrected chi connectivity index (χ1v) is 6.94. The molecule has 1 aromatic carbocycles. The molecule has 0 aromatic heterocycles. The molecule has 0 saturated heterocycles. The summed E-state index contributed by atoms with van der Waals surface area (Å²) in [6.07, 6.45) is 6.93. The maximum absolute atomic E-state index is 5.87. The van der Waals surface area contributed by atoms with Crippen LogP contribution in [0.2, 0.25) is 5.02 Å². The lowest BCUT2D eigenvalue weighted by Gasteiger charge is -2.15. The van der Waals surface area contributed by atoms with Crippen molar-refractivity contribution in [1.82, 2.24) is 0 Å². The van der Waals surface area contributed by atoms with Gasteiger partial charge in [-0.25, -0.2) is 0 Å². The molecule has 0 bridgehead atoms. The van der Waals surface area contributed by atoms with Gasteiger partial charge in [0.25, 0.3) is 0 Å². The minimum atomic E-state index is 0.498. The van der Waals surface area contributed by atoms with Crippen molar-refractivity contribution >= 4 is 27.5 Å². The minimum absolute atomic E-state index is 0.498. The molecule has 2 heteroatoms. The topological polar surface area (TPSA) is 0 Å². The zero-order chi connectivity index (χ0) is 10.7. The van der Waals surface area contributed by atoms with Crippen LogP contribution < -0.4 is 0 Å². The van der Waals surface area contributed by atoms with Gasteiger partial charge in [0.1, 0.15) is 0 Å². The molecule has 2 rings (SSSR count). The Morgan fingerprint density at radius 2 is 1.80 bits per heavy atom. The van der Waals surface area contributed by atoms with Crippen LogP contribution in [0.3, 0.4) is 0 Å². The van der Waals surface area contributed by atoms with E-state index >= 15 is 0 Å². The predicted octanol–water partition coefficient (Wildman–Crippen LogP) is 5.36. The van der Waals surface area contributed by atoms with E-state index in [0.717, 1.165) is 10.9 Å². The highest BCUT2D eigenvalue weighted by Crippen LogP contribution is 2.37. The first-order chi connectivity index (χ1) is 7.25. The average molecular weight is 288 g/mol. The summed E-state index contributed by atoms with van der Waals surface area (Å²) in [6, 6.07) is 8.19. The SMILES string of the molecule is Clc1ccc(C(Br)CC2CCCC2)cc1. The molecule has 1 aromatic rings. The van der Waals surface area contributed by atoms with Crippen molar-refractivity contribution < 1.29 is 0 Å². The van der Waals surface area contributed by atoms with E-state index in [1.165, 1.54) is 37.7 Å². The van der Waals surface area contributed by atoms with Gasteiger partial charge in [-0.3, -0.25) is 0 Å². The highest BCUT2D eigenvalue weighted by molar-refractivity contribution is 9.09. The minimum Gasteiger partial charge on any atom is -0.0843 e. The average Bonchev–Trinajstić information content (AvgIpc) is 2.71. The monoisotopic (exact) mass is 286 g/mol. The maximum atomic E-state index is 5.87. The molecule has 1 unspecified atom stereocenters. The van der Waals surface area contributed by atoms with Crippen molar-refractivity contribution in [3.05, 3.63) is 34.9 Å². The van der Waals surface area contributed by atoms with Crippen molar-refractivity contribution in [3.63, 3.8) is 0 Å². The van der Waals surface area contributed by atoms with Gasteiger partial charge >= 0.3 is 0 Å². The number of alkyl halides is 1. The third-order valence-corrected chi connectivity index (χ3v) is 4.40. The molecule has 0 spiro atoms. The highest BCUT2D eigenvalue weighted by atomic mass is 79.9. The Morgan fingerprint density at radius 3 is 2.40 bits per heavy atom. The Balaban J connectivity index is 1.94. The molecule has 1 aliphatic carbocycles. The molecule has 0 amide bonds. The van der Waals surface area contributed by atoms with Gasteiger partial charge in [-0.2, -0.15) is 0 Å². The van der Waals surface area contributed by atoms with Crippen molar-refractivity contribution in [2.75, 3.05) is 0 Å². The summed E-state index contributed by atoms with van der Waals surface area (Å²) in [5.41, 5.74) is 1.35. The molecule has 0 heterocycles. The van der Waals surface area contributed by atoms with E-state index in [1.807, 2.05) is 12.1 Å². The van der Waals surface area contributed by atoms with Gasteiger partial charge in [0.05, 0.1) is 0 Å². The summed E-state index contributed by atoms with van der Waals surface area (Å²) in [5, 5.41) is 0.819. The standard InChI is InChI=1S/C13H16BrCl/c14-13(9-10-3-1-2-4-10)11-5-7-12(15)8-6-11/h5-8,10,13H,1-4,9H2. The smallest absolute Gasteiger partial charge is 0.0406 e. The van der Waals surface area contributed by atoms with Gasteiger partial charge in [0, 0.05) is 9.85 Å². The molecule has 1 saturated carbocycles. The second-order valence-corrected chi connectivity index (χ2v) is 5.95. The van der Waals surface area contributed by atoms with Crippen LogP contribution in [0.1, 0.15) is 42.5 Å². The number of halogens is 2. The van der Waals surface area contributed by atoms with E-state index in [2.05, 4.69) is 28.1 Å². The molecule has 1 atom stereocenters. The van der Waals surface area contributed by atoms with Crippen LogP contribution in [-0.2, 0) is 0 Å². The van der Waals surface area contributed by atoms with Crippen molar-refractivity contribution in [2.45, 2.75) is 36.9 Å². The number of benzene rings is 1. The zero-order valence-corrected chi connectivity index (χ0v) is 11.1. The van der Waals surface area contributed by atoms with Crippen LogP contribution in [0.4, 0.5) is 0 Å². The molecule has 0 aliphatic heterocycles. The van der Waals surface area contributed by atoms with Gasteiger partial charge in [-0.05, 0) is 30.0 Å². The number of hydrogen-bond donors (Lipinski definition) is 0. The predicted molar refractivity (Wildman–Crippen MR) is 69.7 cm³/mol. The quantitative estimate of drug-likeness (QED) is 0.657. The van der Waals surface area contributed by atoms with E-state index < -0.39 is 0 Å². The summed E-state index contributed by atoms with van der Waals surface area (Å²) < 4.78 is 0. The first-order valence-electron chi connectivity index (χ1n) is 5.65. The Kier molecular flexibility index (Phi) is 4.10. The lowest BCUT2D eigenvalue weighted by molar-refractivity contribution is 0.502. The molecule has 0 nitrogen and oxygen atoms in total. The molecule has 15 heavy (non-hydrogen) atoms.